The van der Waals surface area contributed by atoms with Gasteiger partial charge in [-0.1, -0.05) is 30.3 Å². The molecule has 1 N–H and O–H groups in total. The van der Waals surface area contributed by atoms with Crippen molar-refractivity contribution in [2.45, 2.75) is 18.9 Å². The van der Waals surface area contributed by atoms with E-state index in [0.29, 0.717) is 22.6 Å². The number of carbonyl (C=O) groups is 1. The Bertz CT molecular complexity index is 1730. The van der Waals surface area contributed by atoms with Crippen LogP contribution in [0.2, 0.25) is 0 Å². The van der Waals surface area contributed by atoms with Gasteiger partial charge >= 0.3 is 0 Å². The molecule has 6 rings (SSSR count). The smallest absolute Gasteiger partial charge is 0.276 e. The lowest BCUT2D eigenvalue weighted by molar-refractivity contribution is 0.0953. The fourth-order valence-corrected chi connectivity index (χ4v) is 4.28. The molecule has 196 valence electrons. The minimum Gasteiger partial charge on any atom is -0.457 e. The molecule has 0 unspecified atom stereocenters. The predicted molar refractivity (Wildman–Crippen MR) is 149 cm³/mol. The molecular weight excluding hydrogens is 521 g/mol. The van der Waals surface area contributed by atoms with E-state index in [-0.39, 0.29) is 35.1 Å². The van der Waals surface area contributed by atoms with E-state index >= 15 is 0 Å². The maximum Gasteiger partial charge on any atom is 0.276 e. The van der Waals surface area contributed by atoms with E-state index in [1.165, 1.54) is 24.8 Å². The van der Waals surface area contributed by atoms with E-state index in [4.69, 9.17) is 4.74 Å². The number of pyridine rings is 1. The van der Waals surface area contributed by atoms with Crippen LogP contribution in [0, 0.1) is 5.82 Å². The van der Waals surface area contributed by atoms with Crippen LogP contribution in [0.15, 0.2) is 102 Å². The van der Waals surface area contributed by atoms with E-state index in [2.05, 4.69) is 15.5 Å². The van der Waals surface area contributed by atoms with Gasteiger partial charge in [0, 0.05) is 30.0 Å². The number of benzene rings is 3. The predicted octanol–water partition coefficient (Wildman–Crippen LogP) is 5.64. The molecule has 10 heteroatoms. The highest BCUT2D eigenvalue weighted by Crippen LogP contribution is 2.37. The number of carbonyl (C=O) groups excluding carboxylic acids is 1. The molecule has 3 aromatic carbocycles. The molecule has 1 aliphatic rings. The molecule has 0 bridgehead atoms. The van der Waals surface area contributed by atoms with Gasteiger partial charge in [-0.05, 0) is 54.8 Å². The largest absolute Gasteiger partial charge is 0.457 e. The molecule has 1 amide bonds. The van der Waals surface area contributed by atoms with E-state index < -0.39 is 17.2 Å². The molecule has 39 heavy (non-hydrogen) atoms. The Hall–Kier alpha value is -4.76. The molecular formula is C29H23ClFN5O3. The lowest BCUT2D eigenvalue weighted by Gasteiger charge is -2.14. The number of fused-ring (bicyclic) bond motifs is 1. The first-order valence-electron chi connectivity index (χ1n) is 12.1. The molecule has 0 spiro atoms. The molecule has 2 heterocycles. The number of para-hydroxylation sites is 1. The monoisotopic (exact) mass is 543 g/mol. The van der Waals surface area contributed by atoms with Crippen LogP contribution in [-0.4, -0.2) is 26.2 Å². The highest BCUT2D eigenvalue weighted by atomic mass is 35.5. The van der Waals surface area contributed by atoms with Crippen LogP contribution in [0.5, 0.6) is 11.5 Å². The Balaban J connectivity index is 0.00000308. The standard InChI is InChI=1S/C29H22FN5O3.ClH/c30-25-14-23-26(15-27(25)34-12-11-31-18-34)35(20-9-10-20)17-24(28(23)36)29(37)33-32-16-19-5-4-8-22(13-19)38-21-6-2-1-3-7-21;/h1-8,11-18,20H,9-10H2,(H,33,37);1H/b32-16-;. The molecule has 1 fully saturated rings. The van der Waals surface area contributed by atoms with Crippen molar-refractivity contribution in [3.05, 3.63) is 119 Å². The second kappa shape index (κ2) is 10.9. The number of amides is 1. The summed E-state index contributed by atoms with van der Waals surface area (Å²) in [6, 6.07) is 19.5. The zero-order valence-corrected chi connectivity index (χ0v) is 21.3. The number of hydrogen-bond acceptors (Lipinski definition) is 5. The van der Waals surface area contributed by atoms with E-state index in [1.54, 1.807) is 29.1 Å². The molecule has 0 saturated heterocycles. The topological polar surface area (TPSA) is 90.5 Å². The van der Waals surface area contributed by atoms with Crippen molar-refractivity contribution in [2.24, 2.45) is 5.10 Å². The van der Waals surface area contributed by atoms with Crippen molar-refractivity contribution in [1.29, 1.82) is 0 Å². The Morgan fingerprint density at radius 2 is 1.87 bits per heavy atom. The summed E-state index contributed by atoms with van der Waals surface area (Å²) in [5.74, 6) is 0.0681. The highest BCUT2D eigenvalue weighted by molar-refractivity contribution is 5.98. The summed E-state index contributed by atoms with van der Waals surface area (Å²) in [6.45, 7) is 0. The average molecular weight is 544 g/mol. The summed E-state index contributed by atoms with van der Waals surface area (Å²) in [7, 11) is 0. The third-order valence-electron chi connectivity index (χ3n) is 6.28. The number of nitrogens with one attached hydrogen (secondary N) is 1. The Labute approximate surface area is 228 Å². The number of imidazole rings is 1. The van der Waals surface area contributed by atoms with Crippen LogP contribution >= 0.6 is 12.4 Å². The third-order valence-corrected chi connectivity index (χ3v) is 6.28. The highest BCUT2D eigenvalue weighted by Gasteiger charge is 2.27. The van der Waals surface area contributed by atoms with Gasteiger partial charge in [0.15, 0.2) is 0 Å². The minimum absolute atomic E-state index is 0. The number of nitrogens with zero attached hydrogens (tertiary/aromatic N) is 4. The lowest BCUT2D eigenvalue weighted by atomic mass is 10.1. The summed E-state index contributed by atoms with van der Waals surface area (Å²) in [5, 5.41) is 4.17. The van der Waals surface area contributed by atoms with Crippen molar-refractivity contribution in [2.75, 3.05) is 0 Å². The quantitative estimate of drug-likeness (QED) is 0.212. The summed E-state index contributed by atoms with van der Waals surface area (Å²) in [6.07, 6.45) is 9.51. The van der Waals surface area contributed by atoms with Crippen molar-refractivity contribution >= 4 is 35.4 Å². The minimum atomic E-state index is -0.668. The number of rotatable bonds is 7. The van der Waals surface area contributed by atoms with Gasteiger partial charge in [-0.2, -0.15) is 5.10 Å². The van der Waals surface area contributed by atoms with Crippen molar-refractivity contribution < 1.29 is 13.9 Å². The molecule has 8 nitrogen and oxygen atoms in total. The Kier molecular flexibility index (Phi) is 7.25. The number of ether oxygens (including phenoxy) is 1. The van der Waals surface area contributed by atoms with Gasteiger partial charge in [0.05, 0.1) is 23.7 Å². The summed E-state index contributed by atoms with van der Waals surface area (Å²) in [4.78, 5) is 30.2. The SMILES string of the molecule is Cl.O=C(N/N=C\c1cccc(Oc2ccccc2)c1)c1cn(C2CC2)c2cc(-n3ccnc3)c(F)cc2c1=O. The van der Waals surface area contributed by atoms with Crippen molar-refractivity contribution in [1.82, 2.24) is 19.5 Å². The van der Waals surface area contributed by atoms with Crippen LogP contribution in [0.1, 0.15) is 34.8 Å². The van der Waals surface area contributed by atoms with Crippen LogP contribution in [0.25, 0.3) is 16.6 Å². The number of halogens is 2. The van der Waals surface area contributed by atoms with E-state index in [1.807, 2.05) is 53.1 Å². The molecule has 0 radical (unpaired) electrons. The first-order chi connectivity index (χ1) is 18.6. The molecule has 0 aliphatic heterocycles. The maximum atomic E-state index is 15.0. The number of aromatic nitrogens is 3. The van der Waals surface area contributed by atoms with Crippen LogP contribution < -0.4 is 15.6 Å². The van der Waals surface area contributed by atoms with Gasteiger partial charge < -0.3 is 13.9 Å². The molecule has 5 aromatic rings. The summed E-state index contributed by atoms with van der Waals surface area (Å²) >= 11 is 0. The van der Waals surface area contributed by atoms with Gasteiger partial charge in [-0.3, -0.25) is 9.59 Å². The fraction of sp³-hybridized carbons (Fsp3) is 0.103. The van der Waals surface area contributed by atoms with Crippen LogP contribution in [0.3, 0.4) is 0 Å². The van der Waals surface area contributed by atoms with Gasteiger partial charge in [0.2, 0.25) is 5.43 Å². The van der Waals surface area contributed by atoms with Crippen molar-refractivity contribution in [3.8, 4) is 17.2 Å². The first-order valence-corrected chi connectivity index (χ1v) is 12.1. The van der Waals surface area contributed by atoms with Gasteiger partial charge in [0.1, 0.15) is 22.9 Å². The molecule has 1 aliphatic carbocycles. The second-order valence-corrected chi connectivity index (χ2v) is 8.99. The Morgan fingerprint density at radius 3 is 2.62 bits per heavy atom. The van der Waals surface area contributed by atoms with Gasteiger partial charge in [0.25, 0.3) is 5.91 Å². The first kappa shape index (κ1) is 25.9. The fourth-order valence-electron chi connectivity index (χ4n) is 4.28. The van der Waals surface area contributed by atoms with Crippen molar-refractivity contribution in [3.63, 3.8) is 0 Å². The molecule has 2 aromatic heterocycles. The second-order valence-electron chi connectivity index (χ2n) is 8.99. The number of hydrazone groups is 1. The molecule has 1 saturated carbocycles. The lowest BCUT2D eigenvalue weighted by Crippen LogP contribution is -2.27. The Morgan fingerprint density at radius 1 is 1.08 bits per heavy atom. The average Bonchev–Trinajstić information content (AvgIpc) is 3.62. The third kappa shape index (κ3) is 5.44. The summed E-state index contributed by atoms with van der Waals surface area (Å²) < 4.78 is 24.2. The zero-order chi connectivity index (χ0) is 26.1. The maximum absolute atomic E-state index is 15.0. The zero-order valence-electron chi connectivity index (χ0n) is 20.5. The van der Waals surface area contributed by atoms with Crippen LogP contribution in [-0.2, 0) is 0 Å². The molecule has 0 atom stereocenters. The van der Waals surface area contributed by atoms with Crippen LogP contribution in [0.4, 0.5) is 4.39 Å². The summed E-state index contributed by atoms with van der Waals surface area (Å²) in [5.41, 5.74) is 3.32. The number of hydrogen-bond donors (Lipinski definition) is 1. The van der Waals surface area contributed by atoms with Gasteiger partial charge in [-0.15, -0.1) is 12.4 Å². The normalized spacial score (nSPS) is 12.8. The van der Waals surface area contributed by atoms with E-state index in [9.17, 15) is 14.0 Å². The van der Waals surface area contributed by atoms with Gasteiger partial charge in [-0.25, -0.2) is 14.8 Å². The van der Waals surface area contributed by atoms with E-state index in [0.717, 1.165) is 12.8 Å².